The van der Waals surface area contributed by atoms with E-state index in [4.69, 9.17) is 0 Å². The van der Waals surface area contributed by atoms with Gasteiger partial charge in [-0.25, -0.2) is 0 Å². The quantitative estimate of drug-likeness (QED) is 0.852. The molecule has 25 heavy (non-hydrogen) atoms. The van der Waals surface area contributed by atoms with E-state index in [0.717, 1.165) is 43.4 Å². The fourth-order valence-electron chi connectivity index (χ4n) is 4.08. The third-order valence-corrected chi connectivity index (χ3v) is 5.55. The molecule has 1 aliphatic carbocycles. The predicted octanol–water partition coefficient (Wildman–Crippen LogP) is 3.69. The lowest BCUT2D eigenvalue weighted by atomic mass is 9.95. The van der Waals surface area contributed by atoms with Crippen molar-refractivity contribution in [3.63, 3.8) is 0 Å². The van der Waals surface area contributed by atoms with Crippen molar-refractivity contribution in [2.75, 3.05) is 13.1 Å². The Bertz CT molecular complexity index is 606. The summed E-state index contributed by atoms with van der Waals surface area (Å²) >= 11 is 0. The molecule has 1 N–H and O–H groups in total. The number of carbonyl (C=O) groups is 2. The molecule has 1 saturated carbocycles. The number of likely N-dealkylation sites (tertiary alicyclic amines) is 1. The first-order valence-corrected chi connectivity index (χ1v) is 9.80. The maximum absolute atomic E-state index is 12.7. The van der Waals surface area contributed by atoms with Gasteiger partial charge >= 0.3 is 0 Å². The zero-order chi connectivity index (χ0) is 17.6. The molecule has 2 amide bonds. The molecule has 1 saturated heterocycles. The van der Waals surface area contributed by atoms with E-state index < -0.39 is 0 Å². The molecule has 0 spiro atoms. The van der Waals surface area contributed by atoms with E-state index in [9.17, 15) is 9.59 Å². The second-order valence-electron chi connectivity index (χ2n) is 7.66. The lowest BCUT2D eigenvalue weighted by Gasteiger charge is -2.33. The molecule has 1 aromatic carbocycles. The summed E-state index contributed by atoms with van der Waals surface area (Å²) in [4.78, 5) is 27.3. The van der Waals surface area contributed by atoms with Crippen LogP contribution in [0, 0.1) is 12.8 Å². The van der Waals surface area contributed by atoms with Crippen molar-refractivity contribution < 1.29 is 9.59 Å². The number of piperidine rings is 1. The minimum absolute atomic E-state index is 0.0515. The van der Waals surface area contributed by atoms with Crippen LogP contribution in [0.5, 0.6) is 0 Å². The van der Waals surface area contributed by atoms with Crippen molar-refractivity contribution in [2.45, 2.75) is 64.3 Å². The molecule has 0 radical (unpaired) electrons. The topological polar surface area (TPSA) is 49.4 Å². The number of hydrogen-bond donors (Lipinski definition) is 1. The number of nitrogens with one attached hydrogen (secondary N) is 1. The van der Waals surface area contributed by atoms with E-state index in [1.54, 1.807) is 0 Å². The molecule has 3 rings (SSSR count). The first-order chi connectivity index (χ1) is 12.1. The summed E-state index contributed by atoms with van der Waals surface area (Å²) < 4.78 is 0. The Balaban J connectivity index is 1.58. The zero-order valence-corrected chi connectivity index (χ0v) is 15.3. The van der Waals surface area contributed by atoms with Crippen LogP contribution in [0.4, 0.5) is 0 Å². The minimum Gasteiger partial charge on any atom is -0.353 e. The second kappa shape index (κ2) is 8.50. The monoisotopic (exact) mass is 342 g/mol. The molecule has 1 heterocycles. The van der Waals surface area contributed by atoms with Crippen LogP contribution in [-0.2, 0) is 4.79 Å². The SMILES string of the molecule is Cc1cccc(C(=O)N2CCC[C@@H](C(=O)NC3CCCCCC3)C2)c1. The first kappa shape index (κ1) is 18.0. The molecule has 0 aromatic heterocycles. The standard InChI is InChI=1S/C21H30N2O2/c1-16-8-6-9-17(14-16)21(25)23-13-7-10-18(15-23)20(24)22-19-11-4-2-3-5-12-19/h6,8-9,14,18-19H,2-5,7,10-13,15H2,1H3,(H,22,24)/t18-/m1/s1. The van der Waals surface area contributed by atoms with Gasteiger partial charge in [0.2, 0.25) is 5.91 Å². The lowest BCUT2D eigenvalue weighted by Crippen LogP contribution is -2.47. The first-order valence-electron chi connectivity index (χ1n) is 9.80. The maximum Gasteiger partial charge on any atom is 0.253 e. The van der Waals surface area contributed by atoms with E-state index in [0.29, 0.717) is 12.6 Å². The van der Waals surface area contributed by atoms with Crippen LogP contribution in [0.2, 0.25) is 0 Å². The molecule has 1 atom stereocenters. The van der Waals surface area contributed by atoms with Crippen molar-refractivity contribution in [1.29, 1.82) is 0 Å². The smallest absolute Gasteiger partial charge is 0.253 e. The third kappa shape index (κ3) is 4.83. The summed E-state index contributed by atoms with van der Waals surface area (Å²) in [6, 6.07) is 8.04. The zero-order valence-electron chi connectivity index (χ0n) is 15.3. The van der Waals surface area contributed by atoms with Gasteiger partial charge in [-0.1, -0.05) is 43.4 Å². The van der Waals surface area contributed by atoms with E-state index >= 15 is 0 Å². The van der Waals surface area contributed by atoms with Crippen molar-refractivity contribution in [1.82, 2.24) is 10.2 Å². The molecule has 1 aliphatic heterocycles. The fraction of sp³-hybridized carbons (Fsp3) is 0.619. The van der Waals surface area contributed by atoms with E-state index in [-0.39, 0.29) is 17.7 Å². The highest BCUT2D eigenvalue weighted by molar-refractivity contribution is 5.95. The molecule has 1 aromatic rings. The highest BCUT2D eigenvalue weighted by Gasteiger charge is 2.30. The van der Waals surface area contributed by atoms with E-state index in [1.165, 1.54) is 25.7 Å². The number of amides is 2. The van der Waals surface area contributed by atoms with Gasteiger partial charge in [0, 0.05) is 24.7 Å². The van der Waals surface area contributed by atoms with Crippen LogP contribution in [0.25, 0.3) is 0 Å². The Kier molecular flexibility index (Phi) is 6.11. The van der Waals surface area contributed by atoms with E-state index in [1.807, 2.05) is 36.1 Å². The summed E-state index contributed by atoms with van der Waals surface area (Å²) in [5.74, 6) is 0.134. The molecular formula is C21H30N2O2. The summed E-state index contributed by atoms with van der Waals surface area (Å²) in [7, 11) is 0. The van der Waals surface area contributed by atoms with Crippen LogP contribution in [0.3, 0.4) is 0 Å². The Morgan fingerprint density at radius 3 is 2.52 bits per heavy atom. The highest BCUT2D eigenvalue weighted by atomic mass is 16.2. The molecular weight excluding hydrogens is 312 g/mol. The summed E-state index contributed by atoms with van der Waals surface area (Å²) in [6.07, 6.45) is 9.00. The molecule has 136 valence electrons. The van der Waals surface area contributed by atoms with Gasteiger partial charge < -0.3 is 10.2 Å². The molecule has 4 heteroatoms. The Morgan fingerprint density at radius 1 is 1.04 bits per heavy atom. The van der Waals surface area contributed by atoms with Crippen LogP contribution in [0.1, 0.15) is 67.3 Å². The predicted molar refractivity (Wildman–Crippen MR) is 99.4 cm³/mol. The van der Waals surface area contributed by atoms with Crippen LogP contribution in [0.15, 0.2) is 24.3 Å². The van der Waals surface area contributed by atoms with Gasteiger partial charge in [-0.2, -0.15) is 0 Å². The van der Waals surface area contributed by atoms with Crippen molar-refractivity contribution in [3.05, 3.63) is 35.4 Å². The number of hydrogen-bond acceptors (Lipinski definition) is 2. The number of aryl methyl sites for hydroxylation is 1. The molecule has 2 aliphatic rings. The minimum atomic E-state index is -0.0641. The van der Waals surface area contributed by atoms with Gasteiger partial charge in [-0.05, 0) is 44.7 Å². The normalized spacial score (nSPS) is 22.3. The van der Waals surface area contributed by atoms with Gasteiger partial charge in [0.1, 0.15) is 0 Å². The van der Waals surface area contributed by atoms with Gasteiger partial charge in [0.25, 0.3) is 5.91 Å². The molecule has 2 fully saturated rings. The number of rotatable bonds is 3. The Labute approximate surface area is 151 Å². The van der Waals surface area contributed by atoms with Crippen molar-refractivity contribution in [3.8, 4) is 0 Å². The second-order valence-corrected chi connectivity index (χ2v) is 7.66. The highest BCUT2D eigenvalue weighted by Crippen LogP contribution is 2.22. The van der Waals surface area contributed by atoms with Crippen LogP contribution >= 0.6 is 0 Å². The van der Waals surface area contributed by atoms with Gasteiger partial charge in [0.05, 0.1) is 5.92 Å². The average Bonchev–Trinajstić information content (AvgIpc) is 2.90. The third-order valence-electron chi connectivity index (χ3n) is 5.55. The van der Waals surface area contributed by atoms with Crippen molar-refractivity contribution in [2.24, 2.45) is 5.92 Å². The Hall–Kier alpha value is -1.84. The fourth-order valence-corrected chi connectivity index (χ4v) is 4.08. The summed E-state index contributed by atoms with van der Waals surface area (Å²) in [5, 5.41) is 3.26. The molecule has 0 unspecified atom stereocenters. The maximum atomic E-state index is 12.7. The van der Waals surface area contributed by atoms with E-state index in [2.05, 4.69) is 5.32 Å². The average molecular weight is 342 g/mol. The van der Waals surface area contributed by atoms with Crippen LogP contribution in [-0.4, -0.2) is 35.8 Å². The lowest BCUT2D eigenvalue weighted by molar-refractivity contribution is -0.127. The van der Waals surface area contributed by atoms with Gasteiger partial charge in [-0.3, -0.25) is 9.59 Å². The summed E-state index contributed by atoms with van der Waals surface area (Å²) in [5.41, 5.74) is 1.82. The Morgan fingerprint density at radius 2 is 1.80 bits per heavy atom. The van der Waals surface area contributed by atoms with Crippen molar-refractivity contribution >= 4 is 11.8 Å². The van der Waals surface area contributed by atoms with Gasteiger partial charge in [0.15, 0.2) is 0 Å². The molecule has 0 bridgehead atoms. The summed E-state index contributed by atoms with van der Waals surface area (Å²) in [6.45, 7) is 3.29. The number of nitrogens with zero attached hydrogens (tertiary/aromatic N) is 1. The van der Waals surface area contributed by atoms with Crippen LogP contribution < -0.4 is 5.32 Å². The largest absolute Gasteiger partial charge is 0.353 e. The van der Waals surface area contributed by atoms with Gasteiger partial charge in [-0.15, -0.1) is 0 Å². The number of benzene rings is 1. The number of carbonyl (C=O) groups excluding carboxylic acids is 2. The molecule has 4 nitrogen and oxygen atoms in total.